The zero-order chi connectivity index (χ0) is 21.2. The number of benzene rings is 1. The molecule has 1 N–H and O–H groups in total. The number of anilines is 1. The summed E-state index contributed by atoms with van der Waals surface area (Å²) in [5.74, 6) is -0.536. The summed E-state index contributed by atoms with van der Waals surface area (Å²) in [5, 5.41) is 2.59. The van der Waals surface area contributed by atoms with E-state index in [9.17, 15) is 18.0 Å². The monoisotopic (exact) mass is 423 g/mol. The van der Waals surface area contributed by atoms with Crippen LogP contribution in [0.5, 0.6) is 0 Å². The molecule has 3 rings (SSSR count). The van der Waals surface area contributed by atoms with Crippen molar-refractivity contribution in [1.82, 2.24) is 9.38 Å². The van der Waals surface area contributed by atoms with Crippen molar-refractivity contribution in [1.29, 1.82) is 0 Å². The van der Waals surface area contributed by atoms with Crippen LogP contribution < -0.4 is 5.32 Å². The molecule has 1 aromatic carbocycles. The number of unbranched alkanes of at least 4 members (excludes halogenated alkanes) is 1. The van der Waals surface area contributed by atoms with E-state index in [4.69, 9.17) is 11.6 Å². The van der Waals surface area contributed by atoms with Crippen LogP contribution in [0.15, 0.2) is 36.5 Å². The fraction of sp³-hybridized carbons (Fsp3) is 0.333. The highest BCUT2D eigenvalue weighted by molar-refractivity contribution is 6.33. The average Bonchev–Trinajstić information content (AvgIpc) is 3.06. The Morgan fingerprint density at radius 1 is 1.21 bits per heavy atom. The van der Waals surface area contributed by atoms with Crippen molar-refractivity contribution in [3.05, 3.63) is 64.1 Å². The number of carbonyl (C=O) groups excluding carboxylic acids is 1. The van der Waals surface area contributed by atoms with Crippen LogP contribution >= 0.6 is 11.6 Å². The van der Waals surface area contributed by atoms with Gasteiger partial charge in [0, 0.05) is 11.9 Å². The summed E-state index contributed by atoms with van der Waals surface area (Å²) in [6, 6.07) is 8.25. The first kappa shape index (κ1) is 21.2. The van der Waals surface area contributed by atoms with Crippen molar-refractivity contribution in [2.75, 3.05) is 5.32 Å². The van der Waals surface area contributed by atoms with E-state index in [-0.39, 0.29) is 16.4 Å². The lowest BCUT2D eigenvalue weighted by atomic mass is 10.1. The largest absolute Gasteiger partial charge is 0.417 e. The topological polar surface area (TPSA) is 46.4 Å². The molecule has 0 unspecified atom stereocenters. The second-order valence-electron chi connectivity index (χ2n) is 6.78. The first-order valence-electron chi connectivity index (χ1n) is 9.42. The van der Waals surface area contributed by atoms with Crippen LogP contribution in [-0.2, 0) is 19.0 Å². The van der Waals surface area contributed by atoms with E-state index < -0.39 is 17.6 Å². The van der Waals surface area contributed by atoms with Gasteiger partial charge in [-0.3, -0.25) is 9.20 Å². The van der Waals surface area contributed by atoms with Crippen molar-refractivity contribution < 1.29 is 18.0 Å². The van der Waals surface area contributed by atoms with Crippen molar-refractivity contribution in [2.24, 2.45) is 0 Å². The van der Waals surface area contributed by atoms with Gasteiger partial charge in [0.05, 0.1) is 16.3 Å². The van der Waals surface area contributed by atoms with Gasteiger partial charge in [-0.25, -0.2) is 4.98 Å². The number of hydrogen-bond donors (Lipinski definition) is 1. The summed E-state index contributed by atoms with van der Waals surface area (Å²) in [6.07, 6.45) is -0.230. The molecular weight excluding hydrogens is 403 g/mol. The smallest absolute Gasteiger partial charge is 0.321 e. The number of rotatable bonds is 6. The van der Waals surface area contributed by atoms with E-state index in [1.54, 1.807) is 19.1 Å². The first-order valence-corrected chi connectivity index (χ1v) is 9.80. The molecule has 0 fully saturated rings. The predicted octanol–water partition coefficient (Wildman–Crippen LogP) is 6.16. The Morgan fingerprint density at radius 3 is 2.48 bits per heavy atom. The summed E-state index contributed by atoms with van der Waals surface area (Å²) >= 11 is 6.02. The van der Waals surface area contributed by atoms with Gasteiger partial charge in [0.2, 0.25) is 0 Å². The molecule has 0 aliphatic carbocycles. The summed E-state index contributed by atoms with van der Waals surface area (Å²) in [6.45, 7) is 3.89. The molecule has 3 aromatic rings. The molecule has 0 aliphatic rings. The van der Waals surface area contributed by atoms with Crippen LogP contribution in [-0.4, -0.2) is 15.3 Å². The molecule has 0 aliphatic heterocycles. The lowest BCUT2D eigenvalue weighted by Crippen LogP contribution is -2.17. The number of alkyl halides is 3. The van der Waals surface area contributed by atoms with E-state index >= 15 is 0 Å². The van der Waals surface area contributed by atoms with Gasteiger partial charge in [-0.15, -0.1) is 0 Å². The van der Waals surface area contributed by atoms with E-state index in [0.717, 1.165) is 41.5 Å². The number of halogens is 4. The van der Waals surface area contributed by atoms with E-state index in [0.29, 0.717) is 17.8 Å². The maximum atomic E-state index is 13.2. The second-order valence-corrected chi connectivity index (χ2v) is 7.19. The van der Waals surface area contributed by atoms with Crippen molar-refractivity contribution in [3.8, 4) is 0 Å². The fourth-order valence-electron chi connectivity index (χ4n) is 3.12. The van der Waals surface area contributed by atoms with Gasteiger partial charge >= 0.3 is 6.18 Å². The SMILES string of the molecule is CCCCc1ccc(NC(=O)c2c(CC)nc3c(Cl)cc(C(F)(F)F)cn23)cc1. The van der Waals surface area contributed by atoms with Gasteiger partial charge in [0.15, 0.2) is 5.65 Å². The Bertz CT molecular complexity index is 1030. The maximum absolute atomic E-state index is 13.2. The summed E-state index contributed by atoms with van der Waals surface area (Å²) in [5.41, 5.74) is 1.33. The second kappa shape index (κ2) is 8.45. The molecule has 0 radical (unpaired) electrons. The van der Waals surface area contributed by atoms with Crippen LogP contribution in [0.1, 0.15) is 54.0 Å². The Labute approximate surface area is 171 Å². The highest BCUT2D eigenvalue weighted by Gasteiger charge is 2.33. The van der Waals surface area contributed by atoms with Crippen molar-refractivity contribution in [2.45, 2.75) is 45.7 Å². The number of nitrogens with zero attached hydrogens (tertiary/aromatic N) is 2. The molecule has 8 heteroatoms. The van der Waals surface area contributed by atoms with Crippen LogP contribution in [0.4, 0.5) is 18.9 Å². The van der Waals surface area contributed by atoms with Crippen LogP contribution in [0.2, 0.25) is 5.02 Å². The van der Waals surface area contributed by atoms with Crippen molar-refractivity contribution >= 4 is 28.8 Å². The minimum atomic E-state index is -4.59. The van der Waals surface area contributed by atoms with Gasteiger partial charge in [-0.05, 0) is 43.0 Å². The number of aryl methyl sites for hydroxylation is 2. The number of nitrogens with one attached hydrogen (secondary N) is 1. The molecule has 29 heavy (non-hydrogen) atoms. The van der Waals surface area contributed by atoms with Gasteiger partial charge in [0.1, 0.15) is 5.69 Å². The third kappa shape index (κ3) is 4.56. The zero-order valence-corrected chi connectivity index (χ0v) is 16.9. The summed E-state index contributed by atoms with van der Waals surface area (Å²) in [4.78, 5) is 17.2. The molecule has 1 amide bonds. The molecule has 2 aromatic heterocycles. The van der Waals surface area contributed by atoms with Crippen LogP contribution in [0.3, 0.4) is 0 Å². The molecular formula is C21H21ClF3N3O. The molecule has 4 nitrogen and oxygen atoms in total. The fourth-order valence-corrected chi connectivity index (χ4v) is 3.37. The van der Waals surface area contributed by atoms with Gasteiger partial charge in [0.25, 0.3) is 5.91 Å². The summed E-state index contributed by atoms with van der Waals surface area (Å²) < 4.78 is 40.7. The average molecular weight is 424 g/mol. The third-order valence-corrected chi connectivity index (χ3v) is 4.93. The highest BCUT2D eigenvalue weighted by Crippen LogP contribution is 2.33. The Kier molecular flexibility index (Phi) is 6.17. The summed E-state index contributed by atoms with van der Waals surface area (Å²) in [7, 11) is 0. The molecule has 0 saturated heterocycles. The Morgan fingerprint density at radius 2 is 1.90 bits per heavy atom. The maximum Gasteiger partial charge on any atom is 0.417 e. The Hall–Kier alpha value is -2.54. The lowest BCUT2D eigenvalue weighted by Gasteiger charge is -2.11. The van der Waals surface area contributed by atoms with E-state index in [1.807, 2.05) is 12.1 Å². The minimum Gasteiger partial charge on any atom is -0.321 e. The first-order chi connectivity index (χ1) is 13.7. The lowest BCUT2D eigenvalue weighted by molar-refractivity contribution is -0.137. The minimum absolute atomic E-state index is 0.0468. The van der Waals surface area contributed by atoms with Crippen LogP contribution in [0.25, 0.3) is 5.65 Å². The third-order valence-electron chi connectivity index (χ3n) is 4.66. The number of fused-ring (bicyclic) bond motifs is 1. The number of hydrogen-bond acceptors (Lipinski definition) is 2. The highest BCUT2D eigenvalue weighted by atomic mass is 35.5. The zero-order valence-electron chi connectivity index (χ0n) is 16.1. The van der Waals surface area contributed by atoms with Gasteiger partial charge < -0.3 is 5.32 Å². The standard InChI is InChI=1S/C21H21ClF3N3O/c1-3-5-6-13-7-9-15(10-8-13)26-20(29)18-17(4-2)27-19-16(22)11-14(12-28(18)19)21(23,24)25/h7-12H,3-6H2,1-2H3,(H,26,29). The normalized spacial score (nSPS) is 11.8. The van der Waals surface area contributed by atoms with Gasteiger partial charge in [-0.1, -0.05) is 44.0 Å². The molecule has 0 atom stereocenters. The number of imidazole rings is 1. The number of aromatic nitrogens is 2. The number of amides is 1. The number of carbonyl (C=O) groups is 1. The van der Waals surface area contributed by atoms with Crippen molar-refractivity contribution in [3.63, 3.8) is 0 Å². The van der Waals surface area contributed by atoms with E-state index in [2.05, 4.69) is 17.2 Å². The predicted molar refractivity (Wildman–Crippen MR) is 108 cm³/mol. The number of pyridine rings is 1. The van der Waals surface area contributed by atoms with Crippen LogP contribution in [0, 0.1) is 0 Å². The van der Waals surface area contributed by atoms with Gasteiger partial charge in [-0.2, -0.15) is 13.2 Å². The molecule has 0 bridgehead atoms. The Balaban J connectivity index is 1.97. The molecule has 0 saturated carbocycles. The molecule has 0 spiro atoms. The van der Waals surface area contributed by atoms with E-state index in [1.165, 1.54) is 0 Å². The molecule has 2 heterocycles. The quantitative estimate of drug-likeness (QED) is 0.515. The molecule has 154 valence electrons.